The molecular formula is C28H24F3N3OS. The van der Waals surface area contributed by atoms with E-state index >= 15 is 0 Å². The Bertz CT molecular complexity index is 1420. The van der Waals surface area contributed by atoms with E-state index in [9.17, 15) is 18.0 Å². The molecule has 0 spiro atoms. The molecule has 0 saturated carbocycles. The van der Waals surface area contributed by atoms with Crippen LogP contribution >= 0.6 is 11.3 Å². The highest BCUT2D eigenvalue weighted by Gasteiger charge is 2.38. The Hall–Kier alpha value is -3.52. The van der Waals surface area contributed by atoms with E-state index in [0.29, 0.717) is 6.54 Å². The van der Waals surface area contributed by atoms with Gasteiger partial charge in [0.1, 0.15) is 5.00 Å². The fraction of sp³-hybridized carbons (Fsp3) is 0.250. The molecule has 6 rings (SSSR count). The monoisotopic (exact) mass is 507 g/mol. The van der Waals surface area contributed by atoms with Gasteiger partial charge in [0.25, 0.3) is 0 Å². The lowest BCUT2D eigenvalue weighted by Crippen LogP contribution is -2.38. The summed E-state index contributed by atoms with van der Waals surface area (Å²) in [5.74, 6) is 0. The molecule has 0 saturated heterocycles. The van der Waals surface area contributed by atoms with Crippen molar-refractivity contribution in [2.24, 2.45) is 0 Å². The number of rotatable bonds is 2. The molecule has 1 aliphatic carbocycles. The number of anilines is 1. The first-order valence-electron chi connectivity index (χ1n) is 12.0. The lowest BCUT2D eigenvalue weighted by atomic mass is 9.95. The number of alkyl halides is 3. The zero-order valence-corrected chi connectivity index (χ0v) is 20.2. The normalized spacial score (nSPS) is 17.1. The topological polar surface area (TPSA) is 37.3 Å². The standard InChI is InChI=1S/C28H24F3N3OS/c29-28(30,31)21-12-5-6-13-22(21)32-27(35)34-17-20-19-11-4-7-15-24(19)36-26(20)33-16-8-14-23(33)25(34)18-9-2-1-3-10-18/h1-3,5-6,8-10,12-14,16,25H,4,7,11,15,17H2,(H,32,35). The van der Waals surface area contributed by atoms with Crippen molar-refractivity contribution in [1.82, 2.24) is 9.47 Å². The molecular weight excluding hydrogens is 483 g/mol. The first kappa shape index (κ1) is 22.9. The molecule has 0 radical (unpaired) electrons. The van der Waals surface area contributed by atoms with Gasteiger partial charge in [-0.3, -0.25) is 0 Å². The second-order valence-corrected chi connectivity index (χ2v) is 10.3. The van der Waals surface area contributed by atoms with Crippen LogP contribution in [0.5, 0.6) is 0 Å². The molecule has 2 amide bonds. The number of urea groups is 1. The van der Waals surface area contributed by atoms with E-state index in [-0.39, 0.29) is 5.69 Å². The molecule has 1 unspecified atom stereocenters. The van der Waals surface area contributed by atoms with Gasteiger partial charge in [-0.1, -0.05) is 42.5 Å². The van der Waals surface area contributed by atoms with Crippen molar-refractivity contribution >= 4 is 23.1 Å². The van der Waals surface area contributed by atoms with E-state index in [2.05, 4.69) is 9.88 Å². The highest BCUT2D eigenvalue weighted by molar-refractivity contribution is 7.15. The fourth-order valence-corrected chi connectivity index (χ4v) is 6.80. The molecule has 2 aromatic carbocycles. The van der Waals surface area contributed by atoms with E-state index in [1.165, 1.54) is 28.6 Å². The van der Waals surface area contributed by atoms with E-state index in [1.54, 1.807) is 16.2 Å². The molecule has 36 heavy (non-hydrogen) atoms. The third-order valence-electron chi connectivity index (χ3n) is 7.03. The Morgan fingerprint density at radius 2 is 1.67 bits per heavy atom. The minimum absolute atomic E-state index is 0.242. The predicted octanol–water partition coefficient (Wildman–Crippen LogP) is 7.57. The van der Waals surface area contributed by atoms with Crippen molar-refractivity contribution in [3.8, 4) is 5.00 Å². The highest BCUT2D eigenvalue weighted by Crippen LogP contribution is 2.44. The van der Waals surface area contributed by atoms with Crippen LogP contribution in [0.25, 0.3) is 5.00 Å². The van der Waals surface area contributed by atoms with Crippen molar-refractivity contribution in [1.29, 1.82) is 0 Å². The maximum atomic E-state index is 13.9. The van der Waals surface area contributed by atoms with E-state index in [4.69, 9.17) is 0 Å². The fourth-order valence-electron chi connectivity index (χ4n) is 5.40. The van der Waals surface area contributed by atoms with E-state index in [1.807, 2.05) is 48.7 Å². The maximum absolute atomic E-state index is 13.9. The Labute approximate surface area is 211 Å². The number of aromatic nitrogens is 1. The largest absolute Gasteiger partial charge is 0.418 e. The molecule has 0 bridgehead atoms. The minimum atomic E-state index is -4.57. The number of thiophene rings is 1. The molecule has 2 aromatic heterocycles. The maximum Gasteiger partial charge on any atom is 0.418 e. The number of halogens is 3. The van der Waals surface area contributed by atoms with Gasteiger partial charge in [0.2, 0.25) is 0 Å². The molecule has 1 atom stereocenters. The number of hydrogen-bond acceptors (Lipinski definition) is 2. The summed E-state index contributed by atoms with van der Waals surface area (Å²) in [6, 6.07) is 17.7. The lowest BCUT2D eigenvalue weighted by Gasteiger charge is -2.31. The number of carbonyl (C=O) groups excluding carboxylic acids is 1. The molecule has 2 aliphatic rings. The zero-order valence-electron chi connectivity index (χ0n) is 19.4. The Morgan fingerprint density at radius 1 is 0.917 bits per heavy atom. The van der Waals surface area contributed by atoms with Gasteiger partial charge < -0.3 is 14.8 Å². The van der Waals surface area contributed by atoms with Gasteiger partial charge in [-0.15, -0.1) is 11.3 Å². The van der Waals surface area contributed by atoms with Crippen LogP contribution in [-0.2, 0) is 25.6 Å². The number of amides is 2. The number of fused-ring (bicyclic) bond motifs is 5. The summed E-state index contributed by atoms with van der Waals surface area (Å²) in [7, 11) is 0. The van der Waals surface area contributed by atoms with Crippen LogP contribution in [-0.4, -0.2) is 15.5 Å². The Balaban J connectivity index is 1.49. The Kier molecular flexibility index (Phi) is 5.63. The Morgan fingerprint density at radius 3 is 2.47 bits per heavy atom. The minimum Gasteiger partial charge on any atom is -0.310 e. The predicted molar refractivity (Wildman–Crippen MR) is 135 cm³/mol. The van der Waals surface area contributed by atoms with Crippen LogP contribution in [0.1, 0.15) is 51.7 Å². The van der Waals surface area contributed by atoms with Crippen LogP contribution in [0.3, 0.4) is 0 Å². The van der Waals surface area contributed by atoms with E-state index < -0.39 is 23.8 Å². The number of benzene rings is 2. The second kappa shape index (κ2) is 8.85. The number of nitrogens with one attached hydrogen (secondary N) is 1. The highest BCUT2D eigenvalue weighted by atomic mass is 32.1. The van der Waals surface area contributed by atoms with Gasteiger partial charge in [-0.05, 0) is 61.1 Å². The summed E-state index contributed by atoms with van der Waals surface area (Å²) in [5.41, 5.74) is 3.11. The van der Waals surface area contributed by atoms with Crippen molar-refractivity contribution in [3.05, 3.63) is 106 Å². The summed E-state index contributed by atoms with van der Waals surface area (Å²) < 4.78 is 43.2. The quantitative estimate of drug-likeness (QED) is 0.298. The summed E-state index contributed by atoms with van der Waals surface area (Å²) in [4.78, 5) is 16.9. The average molecular weight is 508 g/mol. The van der Waals surface area contributed by atoms with Crippen LogP contribution in [0.15, 0.2) is 72.9 Å². The van der Waals surface area contributed by atoms with Crippen LogP contribution < -0.4 is 5.32 Å². The lowest BCUT2D eigenvalue weighted by molar-refractivity contribution is -0.136. The van der Waals surface area contributed by atoms with Gasteiger partial charge in [0.15, 0.2) is 0 Å². The van der Waals surface area contributed by atoms with Crippen molar-refractivity contribution in [2.75, 3.05) is 5.32 Å². The first-order chi connectivity index (χ1) is 17.4. The van der Waals surface area contributed by atoms with Crippen LogP contribution in [0.2, 0.25) is 0 Å². The molecule has 8 heteroatoms. The molecule has 4 nitrogen and oxygen atoms in total. The second-order valence-electron chi connectivity index (χ2n) is 9.21. The van der Waals surface area contributed by atoms with Gasteiger partial charge in [0, 0.05) is 16.6 Å². The van der Waals surface area contributed by atoms with Crippen molar-refractivity contribution < 1.29 is 18.0 Å². The molecule has 1 N–H and O–H groups in total. The number of carbonyl (C=O) groups is 1. The first-order valence-corrected chi connectivity index (χ1v) is 12.8. The number of para-hydroxylation sites is 1. The molecule has 184 valence electrons. The van der Waals surface area contributed by atoms with Crippen LogP contribution in [0.4, 0.5) is 23.7 Å². The third kappa shape index (κ3) is 3.89. The van der Waals surface area contributed by atoms with Gasteiger partial charge in [0.05, 0.1) is 29.5 Å². The molecule has 4 aromatic rings. The number of aryl methyl sites for hydroxylation is 1. The van der Waals surface area contributed by atoms with Gasteiger partial charge >= 0.3 is 12.2 Å². The van der Waals surface area contributed by atoms with Crippen molar-refractivity contribution in [3.63, 3.8) is 0 Å². The third-order valence-corrected chi connectivity index (χ3v) is 8.36. The molecule has 3 heterocycles. The summed E-state index contributed by atoms with van der Waals surface area (Å²) >= 11 is 1.78. The molecule has 1 aliphatic heterocycles. The smallest absolute Gasteiger partial charge is 0.310 e. The van der Waals surface area contributed by atoms with E-state index in [0.717, 1.165) is 53.6 Å². The summed E-state index contributed by atoms with van der Waals surface area (Å²) in [6.45, 7) is 0.322. The summed E-state index contributed by atoms with van der Waals surface area (Å²) in [5, 5.41) is 3.71. The summed E-state index contributed by atoms with van der Waals surface area (Å²) in [6.07, 6.45) is 1.68. The van der Waals surface area contributed by atoms with Crippen LogP contribution in [0, 0.1) is 0 Å². The van der Waals surface area contributed by atoms with Gasteiger partial charge in [-0.25, -0.2) is 4.79 Å². The van der Waals surface area contributed by atoms with Gasteiger partial charge in [-0.2, -0.15) is 13.2 Å². The zero-order chi connectivity index (χ0) is 24.9. The SMILES string of the molecule is O=C(Nc1ccccc1C(F)(F)F)N1Cc2c(sc3c2CCCC3)-n2cccc2C1c1ccccc1. The average Bonchev–Trinajstić information content (AvgIpc) is 3.46. The number of nitrogens with zero attached hydrogens (tertiary/aromatic N) is 2. The van der Waals surface area contributed by atoms with Crippen molar-refractivity contribution in [2.45, 2.75) is 44.4 Å². The molecule has 0 fully saturated rings. The number of hydrogen-bond donors (Lipinski definition) is 1.